The maximum Gasteiger partial charge on any atom is 0.169 e. The SMILES string of the molecule is CCCOc1ccccc1Oc1cc(Cl)ccc1CCN. The normalized spacial score (nSPS) is 10.4. The Morgan fingerprint density at radius 2 is 1.81 bits per heavy atom. The molecule has 0 amide bonds. The molecule has 0 aliphatic rings. The predicted octanol–water partition coefficient (Wildman–Crippen LogP) is 4.42. The Hall–Kier alpha value is -1.71. The van der Waals surface area contributed by atoms with Crippen molar-refractivity contribution in [3.63, 3.8) is 0 Å². The number of ether oxygens (including phenoxy) is 2. The smallest absolute Gasteiger partial charge is 0.169 e. The van der Waals surface area contributed by atoms with E-state index in [4.69, 9.17) is 26.8 Å². The highest BCUT2D eigenvalue weighted by atomic mass is 35.5. The second kappa shape index (κ2) is 7.91. The fourth-order valence-corrected chi connectivity index (χ4v) is 2.13. The summed E-state index contributed by atoms with van der Waals surface area (Å²) in [5, 5.41) is 0.637. The van der Waals surface area contributed by atoms with Crippen molar-refractivity contribution in [1.29, 1.82) is 0 Å². The summed E-state index contributed by atoms with van der Waals surface area (Å²) in [5.74, 6) is 2.14. The lowest BCUT2D eigenvalue weighted by atomic mass is 10.1. The van der Waals surface area contributed by atoms with E-state index in [1.165, 1.54) is 0 Å². The Bertz CT molecular complexity index is 587. The number of benzene rings is 2. The highest BCUT2D eigenvalue weighted by molar-refractivity contribution is 6.30. The zero-order chi connectivity index (χ0) is 15.1. The molecule has 0 atom stereocenters. The van der Waals surface area contributed by atoms with Crippen molar-refractivity contribution in [2.75, 3.05) is 13.2 Å². The third-order valence-corrected chi connectivity index (χ3v) is 3.21. The van der Waals surface area contributed by atoms with Gasteiger partial charge < -0.3 is 15.2 Å². The van der Waals surface area contributed by atoms with Crippen molar-refractivity contribution in [2.45, 2.75) is 19.8 Å². The number of para-hydroxylation sites is 2. The number of hydrogen-bond acceptors (Lipinski definition) is 3. The second-order valence-electron chi connectivity index (χ2n) is 4.69. The van der Waals surface area contributed by atoms with Gasteiger partial charge >= 0.3 is 0 Å². The molecule has 0 heterocycles. The van der Waals surface area contributed by atoms with Crippen LogP contribution in [-0.2, 0) is 6.42 Å². The average Bonchev–Trinajstić information content (AvgIpc) is 2.49. The molecule has 21 heavy (non-hydrogen) atoms. The molecule has 0 spiro atoms. The zero-order valence-electron chi connectivity index (χ0n) is 12.1. The van der Waals surface area contributed by atoms with Gasteiger partial charge in [-0.1, -0.05) is 36.7 Å². The fraction of sp³-hybridized carbons (Fsp3) is 0.294. The van der Waals surface area contributed by atoms with Crippen LogP contribution in [0.4, 0.5) is 0 Å². The van der Waals surface area contributed by atoms with Gasteiger partial charge in [0, 0.05) is 5.02 Å². The highest BCUT2D eigenvalue weighted by Gasteiger charge is 2.09. The number of rotatable bonds is 7. The highest BCUT2D eigenvalue weighted by Crippen LogP contribution is 2.34. The summed E-state index contributed by atoms with van der Waals surface area (Å²) in [5.41, 5.74) is 6.68. The van der Waals surface area contributed by atoms with Crippen LogP contribution >= 0.6 is 11.6 Å². The molecule has 0 unspecified atom stereocenters. The first-order chi connectivity index (χ1) is 10.2. The molecule has 3 nitrogen and oxygen atoms in total. The van der Waals surface area contributed by atoms with Gasteiger partial charge in [-0.3, -0.25) is 0 Å². The summed E-state index contributed by atoms with van der Waals surface area (Å²) in [6, 6.07) is 13.2. The summed E-state index contributed by atoms with van der Waals surface area (Å²) in [4.78, 5) is 0. The molecular formula is C17H20ClNO2. The van der Waals surface area contributed by atoms with Gasteiger partial charge in [0.2, 0.25) is 0 Å². The van der Waals surface area contributed by atoms with Crippen LogP contribution in [0.1, 0.15) is 18.9 Å². The van der Waals surface area contributed by atoms with E-state index >= 15 is 0 Å². The minimum Gasteiger partial charge on any atom is -0.490 e. The largest absolute Gasteiger partial charge is 0.490 e. The lowest BCUT2D eigenvalue weighted by Crippen LogP contribution is -2.04. The minimum atomic E-state index is 0.561. The van der Waals surface area contributed by atoms with E-state index < -0.39 is 0 Å². The first kappa shape index (κ1) is 15.7. The van der Waals surface area contributed by atoms with Crippen molar-refractivity contribution >= 4 is 11.6 Å². The first-order valence-electron chi connectivity index (χ1n) is 7.12. The Kier molecular flexibility index (Phi) is 5.90. The van der Waals surface area contributed by atoms with Gasteiger partial charge in [0.1, 0.15) is 5.75 Å². The molecule has 0 aliphatic heterocycles. The maximum absolute atomic E-state index is 6.06. The van der Waals surface area contributed by atoms with Gasteiger partial charge in [-0.05, 0) is 49.2 Å². The molecule has 2 aromatic rings. The molecule has 0 radical (unpaired) electrons. The topological polar surface area (TPSA) is 44.5 Å². The molecule has 4 heteroatoms. The number of nitrogens with two attached hydrogens (primary N) is 1. The Morgan fingerprint density at radius 1 is 1.05 bits per heavy atom. The van der Waals surface area contributed by atoms with Crippen molar-refractivity contribution in [3.05, 3.63) is 53.1 Å². The molecule has 2 rings (SSSR count). The standard InChI is InChI=1S/C17H20ClNO2/c1-2-11-20-15-5-3-4-6-16(15)21-17-12-14(18)8-7-13(17)9-10-19/h3-8,12H,2,9-11,19H2,1H3. The summed E-state index contributed by atoms with van der Waals surface area (Å²) < 4.78 is 11.7. The third kappa shape index (κ3) is 4.38. The van der Waals surface area contributed by atoms with Crippen LogP contribution in [0.2, 0.25) is 5.02 Å². The van der Waals surface area contributed by atoms with E-state index in [-0.39, 0.29) is 0 Å². The summed E-state index contributed by atoms with van der Waals surface area (Å²) in [6.07, 6.45) is 1.69. The van der Waals surface area contributed by atoms with Gasteiger partial charge in [-0.2, -0.15) is 0 Å². The molecule has 0 saturated carbocycles. The van der Waals surface area contributed by atoms with E-state index in [0.717, 1.165) is 29.9 Å². The van der Waals surface area contributed by atoms with Gasteiger partial charge in [0.15, 0.2) is 11.5 Å². The van der Waals surface area contributed by atoms with Crippen molar-refractivity contribution < 1.29 is 9.47 Å². The van der Waals surface area contributed by atoms with Crippen LogP contribution < -0.4 is 15.2 Å². The molecule has 0 aromatic heterocycles. The monoisotopic (exact) mass is 305 g/mol. The fourth-order valence-electron chi connectivity index (χ4n) is 1.97. The van der Waals surface area contributed by atoms with Crippen molar-refractivity contribution in [2.24, 2.45) is 5.73 Å². The number of hydrogen-bond donors (Lipinski definition) is 1. The van der Waals surface area contributed by atoms with Gasteiger partial charge in [0.25, 0.3) is 0 Å². The predicted molar refractivity (Wildman–Crippen MR) is 86.5 cm³/mol. The van der Waals surface area contributed by atoms with Crippen LogP contribution in [0, 0.1) is 0 Å². The van der Waals surface area contributed by atoms with E-state index in [1.807, 2.05) is 42.5 Å². The van der Waals surface area contributed by atoms with Crippen LogP contribution in [-0.4, -0.2) is 13.2 Å². The Balaban J connectivity index is 2.27. The Labute approximate surface area is 130 Å². The zero-order valence-corrected chi connectivity index (χ0v) is 12.9. The molecule has 0 saturated heterocycles. The third-order valence-electron chi connectivity index (χ3n) is 2.97. The van der Waals surface area contributed by atoms with Crippen LogP contribution in [0.25, 0.3) is 0 Å². The van der Waals surface area contributed by atoms with Crippen LogP contribution in [0.3, 0.4) is 0 Å². The second-order valence-corrected chi connectivity index (χ2v) is 5.12. The van der Waals surface area contributed by atoms with E-state index in [0.29, 0.717) is 23.9 Å². The summed E-state index contributed by atoms with van der Waals surface area (Å²) in [7, 11) is 0. The van der Waals surface area contributed by atoms with E-state index in [2.05, 4.69) is 6.92 Å². The minimum absolute atomic E-state index is 0.561. The van der Waals surface area contributed by atoms with Gasteiger partial charge in [-0.15, -0.1) is 0 Å². The van der Waals surface area contributed by atoms with Crippen LogP contribution in [0.5, 0.6) is 17.2 Å². The lowest BCUT2D eigenvalue weighted by molar-refractivity contribution is 0.302. The van der Waals surface area contributed by atoms with Crippen LogP contribution in [0.15, 0.2) is 42.5 Å². The first-order valence-corrected chi connectivity index (χ1v) is 7.50. The molecule has 112 valence electrons. The average molecular weight is 306 g/mol. The number of halogens is 1. The quantitative estimate of drug-likeness (QED) is 0.823. The van der Waals surface area contributed by atoms with Crippen molar-refractivity contribution in [1.82, 2.24) is 0 Å². The van der Waals surface area contributed by atoms with Crippen molar-refractivity contribution in [3.8, 4) is 17.2 Å². The molecular weight excluding hydrogens is 286 g/mol. The van der Waals surface area contributed by atoms with E-state index in [1.54, 1.807) is 0 Å². The molecule has 2 N–H and O–H groups in total. The van der Waals surface area contributed by atoms with E-state index in [9.17, 15) is 0 Å². The lowest BCUT2D eigenvalue weighted by Gasteiger charge is -2.14. The maximum atomic E-state index is 6.06. The van der Waals surface area contributed by atoms with Gasteiger partial charge in [-0.25, -0.2) is 0 Å². The Morgan fingerprint density at radius 3 is 2.52 bits per heavy atom. The summed E-state index contributed by atoms with van der Waals surface area (Å²) >= 11 is 6.06. The molecule has 0 aliphatic carbocycles. The molecule has 0 bridgehead atoms. The summed E-state index contributed by atoms with van der Waals surface area (Å²) in [6.45, 7) is 3.29. The molecule has 0 fully saturated rings. The molecule has 2 aromatic carbocycles. The van der Waals surface area contributed by atoms with Gasteiger partial charge in [0.05, 0.1) is 6.61 Å².